The van der Waals surface area contributed by atoms with Crippen LogP contribution in [0.2, 0.25) is 0 Å². The molecule has 0 atom stereocenters. The third kappa shape index (κ3) is 2.76. The highest BCUT2D eigenvalue weighted by atomic mass is 19.1. The van der Waals surface area contributed by atoms with Crippen LogP contribution in [0.5, 0.6) is 0 Å². The first kappa shape index (κ1) is 14.0. The molecule has 7 heteroatoms. The number of aryl methyl sites for hydroxylation is 2. The van der Waals surface area contributed by atoms with Crippen molar-refractivity contribution < 1.29 is 18.0 Å². The van der Waals surface area contributed by atoms with Gasteiger partial charge in [-0.15, -0.1) is 0 Å². The highest BCUT2D eigenvalue weighted by molar-refractivity contribution is 5.94. The van der Waals surface area contributed by atoms with Crippen molar-refractivity contribution in [2.24, 2.45) is 0 Å². The van der Waals surface area contributed by atoms with Gasteiger partial charge in [-0.2, -0.15) is 0 Å². The summed E-state index contributed by atoms with van der Waals surface area (Å²) in [7, 11) is 0. The van der Waals surface area contributed by atoms with Crippen LogP contribution in [0.1, 0.15) is 27.7 Å². The van der Waals surface area contributed by atoms with Crippen molar-refractivity contribution in [2.45, 2.75) is 20.4 Å². The lowest BCUT2D eigenvalue weighted by Gasteiger charge is -2.05. The van der Waals surface area contributed by atoms with E-state index < -0.39 is 23.2 Å². The molecule has 1 aromatic carbocycles. The molecule has 3 N–H and O–H groups in total. The lowest BCUT2D eigenvalue weighted by molar-refractivity contribution is 0.0946. The third-order valence-corrected chi connectivity index (χ3v) is 2.81. The second-order valence-electron chi connectivity index (χ2n) is 4.29. The number of hydrogen-bond acceptors (Lipinski definition) is 4. The van der Waals surface area contributed by atoms with E-state index in [-0.39, 0.29) is 12.1 Å². The summed E-state index contributed by atoms with van der Waals surface area (Å²) in [6.07, 6.45) is 0. The number of anilines is 1. The van der Waals surface area contributed by atoms with Crippen molar-refractivity contribution in [3.8, 4) is 0 Å². The number of nitrogens with one attached hydrogen (secondary N) is 1. The van der Waals surface area contributed by atoms with Crippen molar-refractivity contribution in [3.05, 3.63) is 46.7 Å². The van der Waals surface area contributed by atoms with Crippen LogP contribution in [0, 0.1) is 25.5 Å². The summed E-state index contributed by atoms with van der Waals surface area (Å²) in [5.74, 6) is -1.62. The van der Waals surface area contributed by atoms with Crippen LogP contribution >= 0.6 is 0 Å². The number of benzene rings is 1. The smallest absolute Gasteiger partial charge is 0.251 e. The van der Waals surface area contributed by atoms with Gasteiger partial charge in [0.05, 0.1) is 12.2 Å². The molecule has 5 nitrogen and oxygen atoms in total. The van der Waals surface area contributed by atoms with Gasteiger partial charge in [-0.1, -0.05) is 0 Å². The molecular formula is C13H13F2N3O2. The Hall–Kier alpha value is -2.44. The molecule has 1 amide bonds. The number of amides is 1. The Morgan fingerprint density at radius 1 is 1.35 bits per heavy atom. The fourth-order valence-electron chi connectivity index (χ4n) is 1.59. The SMILES string of the molecule is Cc1nc(CNC(=O)c2cc(F)c(N)c(F)c2)oc1C. The van der Waals surface area contributed by atoms with Crippen LogP contribution in [-0.2, 0) is 6.54 Å². The molecule has 20 heavy (non-hydrogen) atoms. The first-order valence-corrected chi connectivity index (χ1v) is 5.84. The molecule has 0 aliphatic heterocycles. The van der Waals surface area contributed by atoms with E-state index in [1.54, 1.807) is 13.8 Å². The number of carbonyl (C=O) groups is 1. The number of oxazole rings is 1. The summed E-state index contributed by atoms with van der Waals surface area (Å²) in [5.41, 5.74) is 5.08. The Bertz CT molecular complexity index is 625. The van der Waals surface area contributed by atoms with Crippen molar-refractivity contribution in [3.63, 3.8) is 0 Å². The van der Waals surface area contributed by atoms with Crippen LogP contribution < -0.4 is 11.1 Å². The maximum atomic E-state index is 13.2. The molecule has 0 saturated carbocycles. The van der Waals surface area contributed by atoms with Crippen LogP contribution in [0.25, 0.3) is 0 Å². The van der Waals surface area contributed by atoms with Gasteiger partial charge >= 0.3 is 0 Å². The van der Waals surface area contributed by atoms with Gasteiger partial charge in [0.25, 0.3) is 5.91 Å². The predicted octanol–water partition coefficient (Wildman–Crippen LogP) is 2.08. The molecule has 0 aliphatic rings. The molecule has 2 aromatic rings. The second kappa shape index (κ2) is 5.28. The Morgan fingerprint density at radius 2 is 1.95 bits per heavy atom. The van der Waals surface area contributed by atoms with Crippen LogP contribution in [0.4, 0.5) is 14.5 Å². The average Bonchev–Trinajstić information content (AvgIpc) is 2.72. The molecule has 0 unspecified atom stereocenters. The number of nitrogens with zero attached hydrogens (tertiary/aromatic N) is 1. The number of halogens is 2. The Balaban J connectivity index is 2.09. The van der Waals surface area contributed by atoms with E-state index in [1.165, 1.54) is 0 Å². The first-order chi connectivity index (χ1) is 9.38. The summed E-state index contributed by atoms with van der Waals surface area (Å²) >= 11 is 0. The van der Waals surface area contributed by atoms with Gasteiger partial charge in [-0.25, -0.2) is 13.8 Å². The number of aromatic nitrogens is 1. The monoisotopic (exact) mass is 281 g/mol. The minimum absolute atomic E-state index is 0.0289. The molecule has 0 spiro atoms. The van der Waals surface area contributed by atoms with Gasteiger partial charge in [0.15, 0.2) is 0 Å². The molecule has 1 heterocycles. The molecule has 0 fully saturated rings. The van der Waals surface area contributed by atoms with Crippen LogP contribution in [0.15, 0.2) is 16.5 Å². The summed E-state index contributed by atoms with van der Waals surface area (Å²) in [6, 6.07) is 1.75. The average molecular weight is 281 g/mol. The standard InChI is InChI=1S/C13H13F2N3O2/c1-6-7(2)20-11(18-6)5-17-13(19)8-3-9(14)12(16)10(15)4-8/h3-4H,5,16H2,1-2H3,(H,17,19). The van der Waals surface area contributed by atoms with E-state index >= 15 is 0 Å². The van der Waals surface area contributed by atoms with Gasteiger partial charge in [0.2, 0.25) is 5.89 Å². The predicted molar refractivity (Wildman–Crippen MR) is 67.9 cm³/mol. The van der Waals surface area contributed by atoms with Crippen LogP contribution in [-0.4, -0.2) is 10.9 Å². The highest BCUT2D eigenvalue weighted by Crippen LogP contribution is 2.17. The van der Waals surface area contributed by atoms with E-state index in [0.717, 1.165) is 17.8 Å². The summed E-state index contributed by atoms with van der Waals surface area (Å²) in [4.78, 5) is 15.8. The fourth-order valence-corrected chi connectivity index (χ4v) is 1.59. The molecule has 2 rings (SSSR count). The zero-order valence-electron chi connectivity index (χ0n) is 11.0. The van der Waals surface area contributed by atoms with Crippen LogP contribution in [0.3, 0.4) is 0 Å². The van der Waals surface area contributed by atoms with E-state index in [1.807, 2.05) is 0 Å². The molecule has 106 valence electrons. The maximum absolute atomic E-state index is 13.2. The second-order valence-corrected chi connectivity index (χ2v) is 4.29. The quantitative estimate of drug-likeness (QED) is 0.844. The minimum atomic E-state index is -0.974. The molecule has 0 saturated heterocycles. The van der Waals surface area contributed by atoms with Gasteiger partial charge < -0.3 is 15.5 Å². The van der Waals surface area contributed by atoms with Crippen molar-refractivity contribution >= 4 is 11.6 Å². The number of nitrogen functional groups attached to an aromatic ring is 1. The molecule has 0 aliphatic carbocycles. The van der Waals surface area contributed by atoms with Crippen molar-refractivity contribution in [2.75, 3.05) is 5.73 Å². The molecule has 0 bridgehead atoms. The molecule has 0 radical (unpaired) electrons. The minimum Gasteiger partial charge on any atom is -0.444 e. The Kier molecular flexibility index (Phi) is 3.69. The van der Waals surface area contributed by atoms with E-state index in [9.17, 15) is 13.6 Å². The lowest BCUT2D eigenvalue weighted by Crippen LogP contribution is -2.23. The van der Waals surface area contributed by atoms with Gasteiger partial charge in [-0.05, 0) is 26.0 Å². The molecular weight excluding hydrogens is 268 g/mol. The van der Waals surface area contributed by atoms with Gasteiger partial charge in [-0.3, -0.25) is 4.79 Å². The number of rotatable bonds is 3. The fraction of sp³-hybridized carbons (Fsp3) is 0.231. The van der Waals surface area contributed by atoms with E-state index in [0.29, 0.717) is 11.7 Å². The van der Waals surface area contributed by atoms with E-state index in [4.69, 9.17) is 10.2 Å². The Morgan fingerprint density at radius 3 is 2.45 bits per heavy atom. The third-order valence-electron chi connectivity index (χ3n) is 2.81. The van der Waals surface area contributed by atoms with Crippen molar-refractivity contribution in [1.29, 1.82) is 0 Å². The normalized spacial score (nSPS) is 10.6. The molecule has 1 aromatic heterocycles. The highest BCUT2D eigenvalue weighted by Gasteiger charge is 2.14. The van der Waals surface area contributed by atoms with Crippen molar-refractivity contribution in [1.82, 2.24) is 10.3 Å². The summed E-state index contributed by atoms with van der Waals surface area (Å²) in [5, 5.41) is 2.46. The lowest BCUT2D eigenvalue weighted by atomic mass is 10.1. The maximum Gasteiger partial charge on any atom is 0.251 e. The zero-order valence-corrected chi connectivity index (χ0v) is 11.0. The first-order valence-electron chi connectivity index (χ1n) is 5.84. The summed E-state index contributed by atoms with van der Waals surface area (Å²) < 4.78 is 31.8. The topological polar surface area (TPSA) is 81.2 Å². The number of hydrogen-bond donors (Lipinski definition) is 2. The summed E-state index contributed by atoms with van der Waals surface area (Å²) in [6.45, 7) is 3.55. The van der Waals surface area contributed by atoms with Gasteiger partial charge in [0, 0.05) is 5.56 Å². The number of carbonyl (C=O) groups excluding carboxylic acids is 1. The zero-order chi connectivity index (χ0) is 14.9. The van der Waals surface area contributed by atoms with Gasteiger partial charge in [0.1, 0.15) is 23.1 Å². The Labute approximate surface area is 113 Å². The number of nitrogens with two attached hydrogens (primary N) is 1. The largest absolute Gasteiger partial charge is 0.444 e. The van der Waals surface area contributed by atoms with E-state index in [2.05, 4.69) is 10.3 Å².